The van der Waals surface area contributed by atoms with E-state index in [-0.39, 0.29) is 53.0 Å². The number of halogens is 3. The first-order chi connectivity index (χ1) is 19.2. The van der Waals surface area contributed by atoms with Gasteiger partial charge in [0, 0.05) is 36.5 Å². The zero-order valence-electron chi connectivity index (χ0n) is 21.4. The van der Waals surface area contributed by atoms with Gasteiger partial charge in [0.25, 0.3) is 0 Å². The maximum atomic E-state index is 15.5. The molecule has 40 heavy (non-hydrogen) atoms. The van der Waals surface area contributed by atoms with E-state index in [1.54, 1.807) is 12.1 Å². The molecule has 10 nitrogen and oxygen atoms in total. The van der Waals surface area contributed by atoms with Crippen molar-refractivity contribution in [2.75, 3.05) is 36.9 Å². The molecule has 1 aliphatic heterocycles. The van der Waals surface area contributed by atoms with Crippen LogP contribution in [0.1, 0.15) is 25.1 Å². The second-order valence-electron chi connectivity index (χ2n) is 9.27. The molecule has 1 fully saturated rings. The summed E-state index contributed by atoms with van der Waals surface area (Å²) in [6.45, 7) is 3.14. The van der Waals surface area contributed by atoms with E-state index in [1.807, 2.05) is 11.8 Å². The number of nitrogens with one attached hydrogen (secondary N) is 1. The molecule has 5 rings (SSSR count). The molecular weight excluding hydrogens is 547 g/mol. The highest BCUT2D eigenvalue weighted by atomic mass is 32.2. The molecule has 4 aromatic rings. The Kier molecular flexibility index (Phi) is 8.09. The molecule has 0 spiro atoms. The molecule has 210 valence electrons. The summed E-state index contributed by atoms with van der Waals surface area (Å²) < 4.78 is 74.2. The number of morpholine rings is 1. The Morgan fingerprint density at radius 2 is 2.00 bits per heavy atom. The highest BCUT2D eigenvalue weighted by Crippen LogP contribution is 2.34. The number of fused-ring (bicyclic) bond motifs is 1. The van der Waals surface area contributed by atoms with Crippen LogP contribution in [0.3, 0.4) is 0 Å². The number of thiol groups is 1. The number of pyridine rings is 2. The van der Waals surface area contributed by atoms with Crippen molar-refractivity contribution in [3.63, 3.8) is 0 Å². The van der Waals surface area contributed by atoms with Crippen LogP contribution in [-0.2, 0) is 15.6 Å². The lowest BCUT2D eigenvalue weighted by Gasteiger charge is -2.34. The third-order valence-corrected chi connectivity index (χ3v) is 7.04. The van der Waals surface area contributed by atoms with Gasteiger partial charge in [0.2, 0.25) is 10.9 Å². The van der Waals surface area contributed by atoms with E-state index in [0.29, 0.717) is 36.6 Å². The molecular formula is C26H26F3N7O3S. The first kappa shape index (κ1) is 27.7. The van der Waals surface area contributed by atoms with Crippen molar-refractivity contribution in [3.8, 4) is 22.6 Å². The van der Waals surface area contributed by atoms with Gasteiger partial charge >= 0.3 is 0 Å². The van der Waals surface area contributed by atoms with Crippen molar-refractivity contribution in [1.82, 2.24) is 24.7 Å². The van der Waals surface area contributed by atoms with E-state index in [2.05, 4.69) is 24.7 Å². The monoisotopic (exact) mass is 573 g/mol. The van der Waals surface area contributed by atoms with Crippen LogP contribution in [0.15, 0.2) is 42.6 Å². The van der Waals surface area contributed by atoms with Crippen LogP contribution in [0.5, 0.6) is 0 Å². The molecule has 14 heteroatoms. The van der Waals surface area contributed by atoms with Gasteiger partial charge in [-0.2, -0.15) is 0 Å². The first-order valence-corrected chi connectivity index (χ1v) is 13.7. The highest BCUT2D eigenvalue weighted by Gasteiger charge is 2.26. The minimum absolute atomic E-state index is 0.0206. The standard InChI is InChI=1S/C26H26F3N7O3S/c1-14-13-39-10-9-36(14)26-24-21(34-25(35-26)17-12-31-22(30)11-19(17)28)6-5-20(33-24)16-4-2-3-15(23(16)29)18(27)7-8-32-40(37)38/h2-6,11-12,14,18,40H,7-10,13H2,1H3,(H2,30,31)(H,32,37,38). The third kappa shape index (κ3) is 5.69. The van der Waals surface area contributed by atoms with Gasteiger partial charge < -0.3 is 15.4 Å². The number of hydrogen-bond acceptors (Lipinski definition) is 9. The molecule has 3 N–H and O–H groups in total. The number of anilines is 2. The lowest BCUT2D eigenvalue weighted by atomic mass is 10.0. The maximum absolute atomic E-state index is 15.5. The second-order valence-corrected chi connectivity index (χ2v) is 10.1. The van der Waals surface area contributed by atoms with Crippen LogP contribution in [0.4, 0.5) is 24.8 Å². The number of nitrogens with zero attached hydrogens (tertiary/aromatic N) is 5. The normalized spacial score (nSPS) is 16.5. The Labute approximate surface area is 229 Å². The van der Waals surface area contributed by atoms with Gasteiger partial charge in [-0.3, -0.25) is 0 Å². The van der Waals surface area contributed by atoms with Crippen LogP contribution in [-0.4, -0.2) is 60.7 Å². The van der Waals surface area contributed by atoms with E-state index >= 15 is 4.39 Å². The summed E-state index contributed by atoms with van der Waals surface area (Å²) in [5.74, 6) is -0.918. The predicted octanol–water partition coefficient (Wildman–Crippen LogP) is 3.36. The van der Waals surface area contributed by atoms with E-state index < -0.39 is 28.7 Å². The largest absolute Gasteiger partial charge is 0.384 e. The molecule has 2 unspecified atom stereocenters. The van der Waals surface area contributed by atoms with Crippen molar-refractivity contribution in [2.24, 2.45) is 0 Å². The van der Waals surface area contributed by atoms with Gasteiger partial charge in [0.15, 0.2) is 11.6 Å². The summed E-state index contributed by atoms with van der Waals surface area (Å²) in [4.78, 5) is 19.8. The van der Waals surface area contributed by atoms with Crippen LogP contribution >= 0.6 is 0 Å². The number of hydrogen-bond donors (Lipinski definition) is 3. The van der Waals surface area contributed by atoms with E-state index in [9.17, 15) is 17.2 Å². The Morgan fingerprint density at radius 3 is 2.75 bits per heavy atom. The summed E-state index contributed by atoms with van der Waals surface area (Å²) in [7, 11) is -2.87. The summed E-state index contributed by atoms with van der Waals surface area (Å²) in [6.07, 6.45) is -0.706. The summed E-state index contributed by atoms with van der Waals surface area (Å²) in [6, 6.07) is 8.46. The lowest BCUT2D eigenvalue weighted by Crippen LogP contribution is -2.44. The van der Waals surface area contributed by atoms with Crippen molar-refractivity contribution >= 4 is 33.6 Å². The van der Waals surface area contributed by atoms with Crippen LogP contribution in [0, 0.1) is 11.6 Å². The van der Waals surface area contributed by atoms with Crippen LogP contribution in [0.2, 0.25) is 0 Å². The summed E-state index contributed by atoms with van der Waals surface area (Å²) in [5.41, 5.74) is 6.48. The zero-order valence-corrected chi connectivity index (χ0v) is 22.2. The fourth-order valence-corrected chi connectivity index (χ4v) is 4.86. The second kappa shape index (κ2) is 11.7. The van der Waals surface area contributed by atoms with Gasteiger partial charge in [0.05, 0.1) is 36.0 Å². The molecule has 0 aliphatic carbocycles. The topological polar surface area (TPSA) is 136 Å². The average Bonchev–Trinajstić information content (AvgIpc) is 2.92. The maximum Gasteiger partial charge on any atom is 0.201 e. The molecule has 3 aromatic heterocycles. The minimum atomic E-state index is -2.87. The molecule has 0 bridgehead atoms. The Morgan fingerprint density at radius 1 is 1.18 bits per heavy atom. The van der Waals surface area contributed by atoms with Crippen LogP contribution < -0.4 is 15.4 Å². The highest BCUT2D eigenvalue weighted by molar-refractivity contribution is 7.70. The van der Waals surface area contributed by atoms with Crippen LogP contribution in [0.25, 0.3) is 33.7 Å². The number of aromatic nitrogens is 4. The first-order valence-electron chi connectivity index (χ1n) is 12.5. The number of nitrogen functional groups attached to an aromatic ring is 1. The zero-order chi connectivity index (χ0) is 28.4. The van der Waals surface area contributed by atoms with Crippen molar-refractivity contribution in [3.05, 3.63) is 59.8 Å². The number of rotatable bonds is 8. The molecule has 1 aliphatic rings. The quantitative estimate of drug-likeness (QED) is 0.271. The Bertz CT molecular complexity index is 1630. The number of benzene rings is 1. The SMILES string of the molecule is CC1COCCN1c1nc(-c2cnc(N)cc2F)nc2ccc(-c3cccc(C(F)CCN[SH](=O)=O)c3F)nc12. The fraction of sp³-hybridized carbons (Fsp3) is 0.308. The number of ether oxygens (including phenoxy) is 1. The van der Waals surface area contributed by atoms with E-state index in [1.165, 1.54) is 24.4 Å². The minimum Gasteiger partial charge on any atom is -0.384 e. The van der Waals surface area contributed by atoms with Crippen molar-refractivity contribution in [2.45, 2.75) is 25.6 Å². The Hall–Kier alpha value is -3.88. The lowest BCUT2D eigenvalue weighted by molar-refractivity contribution is 0.0987. The van der Waals surface area contributed by atoms with E-state index in [4.69, 9.17) is 10.5 Å². The Balaban J connectivity index is 1.61. The van der Waals surface area contributed by atoms with Gasteiger partial charge in [-0.15, -0.1) is 0 Å². The van der Waals surface area contributed by atoms with Crippen molar-refractivity contribution < 1.29 is 26.3 Å². The molecule has 0 amide bonds. The average molecular weight is 574 g/mol. The van der Waals surface area contributed by atoms with Gasteiger partial charge in [-0.1, -0.05) is 12.1 Å². The van der Waals surface area contributed by atoms with Gasteiger partial charge in [0.1, 0.15) is 29.1 Å². The third-order valence-electron chi connectivity index (χ3n) is 6.56. The van der Waals surface area contributed by atoms with Crippen molar-refractivity contribution in [1.29, 1.82) is 0 Å². The predicted molar refractivity (Wildman–Crippen MR) is 145 cm³/mol. The summed E-state index contributed by atoms with van der Waals surface area (Å²) in [5, 5.41) is 0. The number of nitrogens with two attached hydrogens (primary N) is 1. The molecule has 4 heterocycles. The van der Waals surface area contributed by atoms with E-state index in [0.717, 1.165) is 6.07 Å². The summed E-state index contributed by atoms with van der Waals surface area (Å²) >= 11 is 0. The fourth-order valence-electron chi connectivity index (χ4n) is 4.55. The molecule has 1 saturated heterocycles. The molecule has 0 saturated carbocycles. The van der Waals surface area contributed by atoms with Gasteiger partial charge in [-0.05, 0) is 31.5 Å². The molecule has 2 atom stereocenters. The molecule has 0 radical (unpaired) electrons. The smallest absolute Gasteiger partial charge is 0.201 e. The molecule has 1 aromatic carbocycles. The van der Waals surface area contributed by atoms with Gasteiger partial charge in [-0.25, -0.2) is 46.2 Å². The number of alkyl halides is 1.